The number of amides is 1. The molecular weight excluding hydrogens is 340 g/mol. The molecule has 136 valence electrons. The quantitative estimate of drug-likeness (QED) is 0.878. The average Bonchev–Trinajstić information content (AvgIpc) is 2.90. The Bertz CT molecular complexity index is 880. The minimum Gasteiger partial charge on any atom is -0.358 e. The van der Waals surface area contributed by atoms with E-state index < -0.39 is 10.2 Å². The summed E-state index contributed by atoms with van der Waals surface area (Å²) in [5.41, 5.74) is 3.05. The number of nitrogens with one attached hydrogen (secondary N) is 1. The number of benzene rings is 1. The molecule has 0 spiro atoms. The van der Waals surface area contributed by atoms with Gasteiger partial charge in [-0.2, -0.15) is 17.0 Å². The SMILES string of the molecule is Cc1[nH]c2ccccc2c1CC(=O)N1CCN(S(=O)(=O)N(C)C)CC1. The smallest absolute Gasteiger partial charge is 0.281 e. The maximum atomic E-state index is 12.7. The normalized spacial score (nSPS) is 16.7. The molecule has 1 aromatic carbocycles. The van der Waals surface area contributed by atoms with Gasteiger partial charge in [0.25, 0.3) is 10.2 Å². The Hall–Kier alpha value is -1.90. The number of para-hydroxylation sites is 1. The minimum absolute atomic E-state index is 0.0368. The maximum absolute atomic E-state index is 12.7. The molecule has 8 heteroatoms. The van der Waals surface area contributed by atoms with Gasteiger partial charge in [-0.05, 0) is 18.6 Å². The van der Waals surface area contributed by atoms with E-state index >= 15 is 0 Å². The predicted octanol–water partition coefficient (Wildman–Crippen LogP) is 0.969. The molecule has 2 aromatic rings. The van der Waals surface area contributed by atoms with Crippen LogP contribution in [0.15, 0.2) is 24.3 Å². The summed E-state index contributed by atoms with van der Waals surface area (Å²) in [6.07, 6.45) is 0.330. The van der Waals surface area contributed by atoms with Gasteiger partial charge in [-0.1, -0.05) is 18.2 Å². The number of carbonyl (C=O) groups is 1. The Kier molecular flexibility index (Phi) is 4.86. The van der Waals surface area contributed by atoms with Gasteiger partial charge in [0.15, 0.2) is 0 Å². The lowest BCUT2D eigenvalue weighted by Crippen LogP contribution is -2.53. The first kappa shape index (κ1) is 17.9. The summed E-state index contributed by atoms with van der Waals surface area (Å²) in [6, 6.07) is 7.95. The van der Waals surface area contributed by atoms with Crippen LogP contribution in [0, 0.1) is 6.92 Å². The molecule has 2 heterocycles. The van der Waals surface area contributed by atoms with Gasteiger partial charge in [0, 0.05) is 56.9 Å². The second-order valence-electron chi connectivity index (χ2n) is 6.52. The molecule has 7 nitrogen and oxygen atoms in total. The number of piperazine rings is 1. The third kappa shape index (κ3) is 3.42. The van der Waals surface area contributed by atoms with E-state index in [4.69, 9.17) is 0 Å². The fraction of sp³-hybridized carbons (Fsp3) is 0.471. The molecule has 0 aliphatic carbocycles. The molecule has 25 heavy (non-hydrogen) atoms. The van der Waals surface area contributed by atoms with Crippen LogP contribution in [0.2, 0.25) is 0 Å². The van der Waals surface area contributed by atoms with Crippen molar-refractivity contribution in [3.8, 4) is 0 Å². The van der Waals surface area contributed by atoms with Crippen LogP contribution in [-0.2, 0) is 21.4 Å². The van der Waals surface area contributed by atoms with Crippen molar-refractivity contribution in [1.82, 2.24) is 18.5 Å². The predicted molar refractivity (Wildman–Crippen MR) is 97.5 cm³/mol. The van der Waals surface area contributed by atoms with Gasteiger partial charge in [-0.25, -0.2) is 0 Å². The number of hydrogen-bond acceptors (Lipinski definition) is 3. The van der Waals surface area contributed by atoms with Gasteiger partial charge in [-0.3, -0.25) is 4.79 Å². The van der Waals surface area contributed by atoms with Crippen molar-refractivity contribution < 1.29 is 13.2 Å². The Morgan fingerprint density at radius 1 is 1.16 bits per heavy atom. The zero-order chi connectivity index (χ0) is 18.2. The van der Waals surface area contributed by atoms with Crippen molar-refractivity contribution in [2.75, 3.05) is 40.3 Å². The average molecular weight is 364 g/mol. The fourth-order valence-electron chi connectivity index (χ4n) is 3.22. The van der Waals surface area contributed by atoms with E-state index in [-0.39, 0.29) is 5.91 Å². The maximum Gasteiger partial charge on any atom is 0.281 e. The van der Waals surface area contributed by atoms with E-state index in [0.29, 0.717) is 32.6 Å². The van der Waals surface area contributed by atoms with Crippen LogP contribution in [-0.4, -0.2) is 73.1 Å². The van der Waals surface area contributed by atoms with Gasteiger partial charge in [0.2, 0.25) is 5.91 Å². The molecule has 0 unspecified atom stereocenters. The number of rotatable bonds is 4. The topological polar surface area (TPSA) is 76.7 Å². The largest absolute Gasteiger partial charge is 0.358 e. The van der Waals surface area contributed by atoms with Crippen LogP contribution in [0.5, 0.6) is 0 Å². The second kappa shape index (κ2) is 6.78. The number of hydrogen-bond donors (Lipinski definition) is 1. The molecule has 1 aliphatic heterocycles. The molecule has 1 aliphatic rings. The monoisotopic (exact) mass is 364 g/mol. The Morgan fingerprint density at radius 3 is 2.44 bits per heavy atom. The van der Waals surface area contributed by atoms with Gasteiger partial charge in [0.1, 0.15) is 0 Å². The summed E-state index contributed by atoms with van der Waals surface area (Å²) in [6.45, 7) is 3.49. The highest BCUT2D eigenvalue weighted by molar-refractivity contribution is 7.86. The number of aryl methyl sites for hydroxylation is 1. The van der Waals surface area contributed by atoms with Crippen molar-refractivity contribution >= 4 is 27.0 Å². The summed E-state index contributed by atoms with van der Waals surface area (Å²) >= 11 is 0. The van der Waals surface area contributed by atoms with Crippen molar-refractivity contribution in [2.24, 2.45) is 0 Å². The molecule has 1 aromatic heterocycles. The zero-order valence-electron chi connectivity index (χ0n) is 14.8. The molecule has 0 atom stereocenters. The molecule has 3 rings (SSSR count). The van der Waals surface area contributed by atoms with Gasteiger partial charge < -0.3 is 9.88 Å². The summed E-state index contributed by atoms with van der Waals surface area (Å²) in [5, 5.41) is 1.07. The summed E-state index contributed by atoms with van der Waals surface area (Å²) < 4.78 is 26.9. The van der Waals surface area contributed by atoms with Crippen molar-refractivity contribution in [1.29, 1.82) is 0 Å². The van der Waals surface area contributed by atoms with Crippen LogP contribution >= 0.6 is 0 Å². The highest BCUT2D eigenvalue weighted by Crippen LogP contribution is 2.23. The molecule has 1 amide bonds. The second-order valence-corrected chi connectivity index (χ2v) is 8.66. The van der Waals surface area contributed by atoms with Crippen LogP contribution in [0.3, 0.4) is 0 Å². The Morgan fingerprint density at radius 2 is 1.80 bits per heavy atom. The summed E-state index contributed by atoms with van der Waals surface area (Å²) in [5.74, 6) is 0.0368. The fourth-order valence-corrected chi connectivity index (χ4v) is 4.31. The number of carbonyl (C=O) groups excluding carboxylic acids is 1. The molecule has 1 N–H and O–H groups in total. The van der Waals surface area contributed by atoms with Crippen molar-refractivity contribution in [3.05, 3.63) is 35.5 Å². The molecule has 1 fully saturated rings. The van der Waals surface area contributed by atoms with Crippen molar-refractivity contribution in [2.45, 2.75) is 13.3 Å². The molecular formula is C17H24N4O3S. The lowest BCUT2D eigenvalue weighted by atomic mass is 10.1. The molecule has 0 bridgehead atoms. The first-order valence-electron chi connectivity index (χ1n) is 8.32. The highest BCUT2D eigenvalue weighted by Gasteiger charge is 2.30. The number of fused-ring (bicyclic) bond motifs is 1. The number of aromatic amines is 1. The Labute approximate surface area is 148 Å². The van der Waals surface area contributed by atoms with E-state index in [0.717, 1.165) is 22.2 Å². The van der Waals surface area contributed by atoms with Crippen LogP contribution < -0.4 is 0 Å². The molecule has 0 radical (unpaired) electrons. The van der Waals surface area contributed by atoms with E-state index in [9.17, 15) is 13.2 Å². The number of aromatic nitrogens is 1. The first-order valence-corrected chi connectivity index (χ1v) is 9.72. The Balaban J connectivity index is 1.68. The highest BCUT2D eigenvalue weighted by atomic mass is 32.2. The van der Waals surface area contributed by atoms with E-state index in [1.54, 1.807) is 4.90 Å². The third-order valence-electron chi connectivity index (χ3n) is 4.73. The van der Waals surface area contributed by atoms with E-state index in [1.807, 2.05) is 31.2 Å². The van der Waals surface area contributed by atoms with Gasteiger partial charge >= 0.3 is 0 Å². The molecule has 0 saturated carbocycles. The zero-order valence-corrected chi connectivity index (χ0v) is 15.6. The van der Waals surface area contributed by atoms with Crippen molar-refractivity contribution in [3.63, 3.8) is 0 Å². The lowest BCUT2D eigenvalue weighted by molar-refractivity contribution is -0.131. The number of H-pyrrole nitrogens is 1. The number of nitrogens with zero attached hydrogens (tertiary/aromatic N) is 3. The van der Waals surface area contributed by atoms with Crippen LogP contribution in [0.25, 0.3) is 10.9 Å². The standard InChI is InChI=1S/C17H24N4O3S/c1-13-15(14-6-4-5-7-16(14)18-13)12-17(22)20-8-10-21(11-9-20)25(23,24)19(2)3/h4-7,18H,8-12H2,1-3H3. The summed E-state index contributed by atoms with van der Waals surface area (Å²) in [7, 11) is -0.370. The lowest BCUT2D eigenvalue weighted by Gasteiger charge is -2.35. The van der Waals surface area contributed by atoms with Crippen LogP contribution in [0.4, 0.5) is 0 Å². The molecule has 1 saturated heterocycles. The minimum atomic E-state index is -3.41. The third-order valence-corrected chi connectivity index (χ3v) is 6.67. The van der Waals surface area contributed by atoms with E-state index in [1.165, 1.54) is 22.7 Å². The van der Waals surface area contributed by atoms with Crippen LogP contribution in [0.1, 0.15) is 11.3 Å². The van der Waals surface area contributed by atoms with Gasteiger partial charge in [-0.15, -0.1) is 0 Å². The van der Waals surface area contributed by atoms with E-state index in [2.05, 4.69) is 4.98 Å². The van der Waals surface area contributed by atoms with Gasteiger partial charge in [0.05, 0.1) is 6.42 Å². The summed E-state index contributed by atoms with van der Waals surface area (Å²) in [4.78, 5) is 17.7. The first-order chi connectivity index (χ1) is 11.8.